The fourth-order valence-electron chi connectivity index (χ4n) is 0.871. The monoisotopic (exact) mass is 189 g/mol. The van der Waals surface area contributed by atoms with Gasteiger partial charge in [0.25, 0.3) is 0 Å². The molecule has 1 aliphatic rings. The molecule has 0 bridgehead atoms. The van der Waals surface area contributed by atoms with E-state index in [4.69, 9.17) is 0 Å². The highest BCUT2D eigenvalue weighted by molar-refractivity contribution is 5.98. The number of nitrogens with zero attached hydrogens (tertiary/aromatic N) is 1. The number of ether oxygens (including phenoxy) is 1. The molecule has 0 N–H and O–H groups in total. The molecule has 5 heteroatoms. The van der Waals surface area contributed by atoms with Gasteiger partial charge in [-0.05, 0) is 6.42 Å². The molecule has 0 saturated carbocycles. The molecule has 0 fully saturated rings. The van der Waals surface area contributed by atoms with Gasteiger partial charge in [0.15, 0.2) is 5.97 Å². The van der Waals surface area contributed by atoms with Gasteiger partial charge in [-0.1, -0.05) is 6.92 Å². The molecule has 3 nitrogen and oxygen atoms in total. The van der Waals surface area contributed by atoms with E-state index in [0.717, 1.165) is 0 Å². The smallest absolute Gasteiger partial charge is 0.339 e. The van der Waals surface area contributed by atoms with Crippen molar-refractivity contribution in [2.45, 2.75) is 19.8 Å². The van der Waals surface area contributed by atoms with E-state index >= 15 is 0 Å². The number of aliphatic imine (C=N–C) groups is 1. The van der Waals surface area contributed by atoms with E-state index < -0.39 is 24.3 Å². The molecule has 0 aromatic rings. The second-order valence-electron chi connectivity index (χ2n) is 2.57. The molecule has 0 aromatic heterocycles. The zero-order chi connectivity index (χ0) is 9.84. The Morgan fingerprint density at radius 1 is 1.62 bits per heavy atom. The van der Waals surface area contributed by atoms with E-state index in [1.807, 2.05) is 6.92 Å². The third kappa shape index (κ3) is 2.34. The Kier molecular flexibility index (Phi) is 3.11. The number of rotatable bonds is 3. The zero-order valence-electron chi connectivity index (χ0n) is 7.14. The minimum absolute atomic E-state index is 0.206. The number of carbonyl (C=O) groups excluding carboxylic acids is 1. The van der Waals surface area contributed by atoms with Crippen LogP contribution in [0.15, 0.2) is 16.5 Å². The summed E-state index contributed by atoms with van der Waals surface area (Å²) in [5, 5.41) is 0. The Balaban J connectivity index is 2.55. The van der Waals surface area contributed by atoms with Crippen LogP contribution in [0.1, 0.15) is 19.8 Å². The first-order valence-electron chi connectivity index (χ1n) is 3.94. The van der Waals surface area contributed by atoms with Crippen LogP contribution in [0.4, 0.5) is 8.78 Å². The fraction of sp³-hybridized carbons (Fsp3) is 0.500. The van der Waals surface area contributed by atoms with Crippen molar-refractivity contribution in [3.05, 3.63) is 11.5 Å². The van der Waals surface area contributed by atoms with Gasteiger partial charge in [-0.15, -0.1) is 0 Å². The lowest BCUT2D eigenvalue weighted by Gasteiger charge is -2.01. The average Bonchev–Trinajstić information content (AvgIpc) is 2.41. The van der Waals surface area contributed by atoms with Crippen molar-refractivity contribution in [2.75, 3.05) is 6.61 Å². The molecule has 0 aliphatic carbocycles. The fourth-order valence-corrected chi connectivity index (χ4v) is 0.871. The van der Waals surface area contributed by atoms with Crippen LogP contribution >= 0.6 is 0 Å². The van der Waals surface area contributed by atoms with Gasteiger partial charge < -0.3 is 4.74 Å². The van der Waals surface area contributed by atoms with Gasteiger partial charge in [0.1, 0.15) is 5.57 Å². The summed E-state index contributed by atoms with van der Waals surface area (Å²) in [6, 6.07) is 0. The largest absolute Gasteiger partial charge is 0.462 e. The van der Waals surface area contributed by atoms with E-state index in [0.29, 0.717) is 6.42 Å². The minimum atomic E-state index is -1.07. The first-order valence-corrected chi connectivity index (χ1v) is 3.94. The molecule has 1 aliphatic heterocycles. The van der Waals surface area contributed by atoms with Crippen LogP contribution in [0.2, 0.25) is 0 Å². The second kappa shape index (κ2) is 4.11. The molecule has 0 atom stereocenters. The molecule has 0 radical (unpaired) electrons. The number of hydrogen-bond acceptors (Lipinski definition) is 3. The molecular formula is C8H9F2NO2. The topological polar surface area (TPSA) is 38.7 Å². The Bertz CT molecular complexity index is 284. The van der Waals surface area contributed by atoms with Gasteiger partial charge in [0.2, 0.25) is 5.95 Å². The summed E-state index contributed by atoms with van der Waals surface area (Å²) in [5.74, 6) is -2.78. The van der Waals surface area contributed by atoms with Gasteiger partial charge >= 0.3 is 5.97 Å². The van der Waals surface area contributed by atoms with E-state index in [1.165, 1.54) is 0 Å². The van der Waals surface area contributed by atoms with Gasteiger partial charge in [-0.3, -0.25) is 0 Å². The van der Waals surface area contributed by atoms with Crippen LogP contribution in [0, 0.1) is 0 Å². The van der Waals surface area contributed by atoms with Crippen molar-refractivity contribution in [1.29, 1.82) is 0 Å². The summed E-state index contributed by atoms with van der Waals surface area (Å²) in [5.41, 5.74) is -0.328. The third-order valence-corrected chi connectivity index (χ3v) is 1.47. The van der Waals surface area contributed by atoms with Crippen LogP contribution < -0.4 is 0 Å². The number of hydrogen-bond donors (Lipinski definition) is 0. The molecule has 0 unspecified atom stereocenters. The van der Waals surface area contributed by atoms with Crippen LogP contribution in [-0.2, 0) is 9.53 Å². The predicted molar refractivity (Wildman–Crippen MR) is 42.5 cm³/mol. The summed E-state index contributed by atoms with van der Waals surface area (Å²) in [7, 11) is 0. The van der Waals surface area contributed by atoms with Crippen molar-refractivity contribution in [3.63, 3.8) is 0 Å². The minimum Gasteiger partial charge on any atom is -0.462 e. The maximum absolute atomic E-state index is 12.7. The molecule has 0 amide bonds. The quantitative estimate of drug-likeness (QED) is 0.502. The molecule has 0 saturated heterocycles. The molecule has 72 valence electrons. The lowest BCUT2D eigenvalue weighted by Crippen LogP contribution is -2.09. The van der Waals surface area contributed by atoms with Crippen molar-refractivity contribution in [3.8, 4) is 0 Å². The van der Waals surface area contributed by atoms with Gasteiger partial charge in [-0.2, -0.15) is 13.8 Å². The average molecular weight is 189 g/mol. The van der Waals surface area contributed by atoms with Crippen LogP contribution in [-0.4, -0.2) is 18.5 Å². The Morgan fingerprint density at radius 3 is 2.77 bits per heavy atom. The molecule has 1 rings (SSSR count). The van der Waals surface area contributed by atoms with Gasteiger partial charge in [-0.25, -0.2) is 4.79 Å². The van der Waals surface area contributed by atoms with Crippen LogP contribution in [0.5, 0.6) is 0 Å². The summed E-state index contributed by atoms with van der Waals surface area (Å²) in [6.45, 7) is 2.01. The summed E-state index contributed by atoms with van der Waals surface area (Å²) in [4.78, 5) is 13.9. The molecule has 1 heterocycles. The van der Waals surface area contributed by atoms with Crippen molar-refractivity contribution < 1.29 is 18.3 Å². The third-order valence-electron chi connectivity index (χ3n) is 1.47. The van der Waals surface area contributed by atoms with Crippen LogP contribution in [0.25, 0.3) is 0 Å². The summed E-state index contributed by atoms with van der Waals surface area (Å²) in [6.07, 6.45) is 0.248. The zero-order valence-corrected chi connectivity index (χ0v) is 7.14. The predicted octanol–water partition coefficient (Wildman–Crippen LogP) is 1.89. The molecular weight excluding hydrogens is 180 g/mol. The first kappa shape index (κ1) is 9.83. The standard InChI is InChI=1S/C8H9F2NO2/c1-2-3-13-8(12)5-4-6(9)11-7(5)10/h2-4H2,1H3. The summed E-state index contributed by atoms with van der Waals surface area (Å²) < 4.78 is 29.7. The highest BCUT2D eigenvalue weighted by atomic mass is 19.1. The maximum atomic E-state index is 12.7. The number of carbonyl (C=O) groups is 1. The van der Waals surface area contributed by atoms with Crippen molar-refractivity contribution >= 4 is 11.9 Å². The highest BCUT2D eigenvalue weighted by Gasteiger charge is 2.25. The lowest BCUT2D eigenvalue weighted by atomic mass is 10.2. The van der Waals surface area contributed by atoms with E-state index in [2.05, 4.69) is 9.73 Å². The van der Waals surface area contributed by atoms with E-state index in [9.17, 15) is 13.6 Å². The van der Waals surface area contributed by atoms with Crippen molar-refractivity contribution in [1.82, 2.24) is 0 Å². The highest BCUT2D eigenvalue weighted by Crippen LogP contribution is 2.22. The number of esters is 1. The molecule has 0 spiro atoms. The Morgan fingerprint density at radius 2 is 2.31 bits per heavy atom. The van der Waals surface area contributed by atoms with Crippen LogP contribution in [0.3, 0.4) is 0 Å². The summed E-state index contributed by atoms with van der Waals surface area (Å²) >= 11 is 0. The maximum Gasteiger partial charge on any atom is 0.339 e. The first-order chi connectivity index (χ1) is 6.15. The normalized spacial score (nSPS) is 16.1. The Labute approximate surface area is 74.1 Å². The van der Waals surface area contributed by atoms with Gasteiger partial charge in [0.05, 0.1) is 13.0 Å². The number of halogens is 2. The van der Waals surface area contributed by atoms with E-state index in [-0.39, 0.29) is 12.2 Å². The van der Waals surface area contributed by atoms with Crippen molar-refractivity contribution in [2.24, 2.45) is 4.99 Å². The van der Waals surface area contributed by atoms with E-state index in [1.54, 1.807) is 0 Å². The Hall–Kier alpha value is -1.26. The SMILES string of the molecule is CCCOC(=O)C1=C(F)N=C(F)C1. The molecule has 13 heavy (non-hydrogen) atoms. The molecule has 0 aromatic carbocycles. The van der Waals surface area contributed by atoms with Gasteiger partial charge in [0, 0.05) is 0 Å². The second-order valence-corrected chi connectivity index (χ2v) is 2.57. The lowest BCUT2D eigenvalue weighted by molar-refractivity contribution is -0.139.